The Morgan fingerprint density at radius 2 is 2.22 bits per heavy atom. The fraction of sp³-hybridized carbons (Fsp3) is 0.333. The number of nitro groups is 1. The van der Waals surface area contributed by atoms with E-state index >= 15 is 0 Å². The molecule has 4 rings (SSSR count). The summed E-state index contributed by atoms with van der Waals surface area (Å²) in [7, 11) is 1.79. The van der Waals surface area contributed by atoms with E-state index in [0.717, 1.165) is 34.6 Å². The molecule has 118 valence electrons. The number of anilines is 1. The maximum absolute atomic E-state index is 11.3. The number of aryl methyl sites for hydroxylation is 1. The SMILES string of the molecule is Cn1cnc([N+](=O)[O-])c1N1CCCC1c1nc2ccccc2s1. The first-order valence-electron chi connectivity index (χ1n) is 7.43. The number of para-hydroxylation sites is 1. The number of imidazole rings is 1. The Balaban J connectivity index is 1.77. The average Bonchev–Trinajstić information content (AvgIpc) is 3.22. The van der Waals surface area contributed by atoms with Crippen molar-refractivity contribution in [2.24, 2.45) is 7.05 Å². The summed E-state index contributed by atoms with van der Waals surface area (Å²) < 4.78 is 2.87. The largest absolute Gasteiger partial charge is 0.406 e. The predicted molar refractivity (Wildman–Crippen MR) is 88.8 cm³/mol. The summed E-state index contributed by atoms with van der Waals surface area (Å²) in [6.45, 7) is 0.779. The van der Waals surface area contributed by atoms with Gasteiger partial charge in [0.1, 0.15) is 5.01 Å². The van der Waals surface area contributed by atoms with E-state index in [1.54, 1.807) is 23.0 Å². The normalized spacial score (nSPS) is 18.0. The zero-order chi connectivity index (χ0) is 16.0. The molecule has 1 aliphatic heterocycles. The van der Waals surface area contributed by atoms with E-state index in [4.69, 9.17) is 4.98 Å². The number of aromatic nitrogens is 3. The molecule has 0 spiro atoms. The van der Waals surface area contributed by atoms with Crippen molar-refractivity contribution in [3.8, 4) is 0 Å². The number of rotatable bonds is 3. The van der Waals surface area contributed by atoms with Gasteiger partial charge in [-0.25, -0.2) is 4.98 Å². The smallest absolute Gasteiger partial charge is 0.358 e. The van der Waals surface area contributed by atoms with Gasteiger partial charge in [-0.2, -0.15) is 0 Å². The Morgan fingerprint density at radius 3 is 3.00 bits per heavy atom. The van der Waals surface area contributed by atoms with Gasteiger partial charge in [-0.05, 0) is 34.9 Å². The molecular weight excluding hydrogens is 314 g/mol. The molecule has 2 aromatic heterocycles. The second-order valence-corrected chi connectivity index (χ2v) is 6.69. The number of hydrogen-bond acceptors (Lipinski definition) is 6. The van der Waals surface area contributed by atoms with Crippen molar-refractivity contribution in [2.45, 2.75) is 18.9 Å². The van der Waals surface area contributed by atoms with Gasteiger partial charge in [-0.1, -0.05) is 12.1 Å². The van der Waals surface area contributed by atoms with E-state index in [-0.39, 0.29) is 11.9 Å². The van der Waals surface area contributed by atoms with E-state index in [2.05, 4.69) is 16.0 Å². The minimum atomic E-state index is -0.414. The second kappa shape index (κ2) is 5.31. The molecule has 0 amide bonds. The Kier molecular flexibility index (Phi) is 3.26. The number of nitrogens with zero attached hydrogens (tertiary/aromatic N) is 5. The quantitative estimate of drug-likeness (QED) is 0.544. The van der Waals surface area contributed by atoms with E-state index in [0.29, 0.717) is 5.82 Å². The van der Waals surface area contributed by atoms with Crippen LogP contribution < -0.4 is 4.90 Å². The van der Waals surface area contributed by atoms with Crippen LogP contribution in [0.15, 0.2) is 30.6 Å². The van der Waals surface area contributed by atoms with Gasteiger partial charge in [0.05, 0.1) is 16.3 Å². The van der Waals surface area contributed by atoms with Crippen LogP contribution in [0.4, 0.5) is 11.6 Å². The minimum Gasteiger partial charge on any atom is -0.358 e. The number of fused-ring (bicyclic) bond motifs is 1. The van der Waals surface area contributed by atoms with Crippen molar-refractivity contribution in [3.63, 3.8) is 0 Å². The number of thiazole rings is 1. The zero-order valence-corrected chi connectivity index (χ0v) is 13.4. The lowest BCUT2D eigenvalue weighted by molar-refractivity contribution is -0.388. The molecule has 0 N–H and O–H groups in total. The highest BCUT2D eigenvalue weighted by molar-refractivity contribution is 7.18. The third-order valence-corrected chi connectivity index (χ3v) is 5.32. The summed E-state index contributed by atoms with van der Waals surface area (Å²) in [5.74, 6) is 0.484. The lowest BCUT2D eigenvalue weighted by Crippen LogP contribution is -2.25. The topological polar surface area (TPSA) is 77.1 Å². The molecule has 3 heterocycles. The predicted octanol–water partition coefficient (Wildman–Crippen LogP) is 3.28. The van der Waals surface area contributed by atoms with E-state index in [1.807, 2.05) is 18.2 Å². The molecule has 0 radical (unpaired) electrons. The van der Waals surface area contributed by atoms with Crippen molar-refractivity contribution in [2.75, 3.05) is 11.4 Å². The van der Waals surface area contributed by atoms with Crippen LogP contribution in [0.2, 0.25) is 0 Å². The van der Waals surface area contributed by atoms with Gasteiger partial charge in [-0.3, -0.25) is 4.57 Å². The van der Waals surface area contributed by atoms with Gasteiger partial charge in [0, 0.05) is 13.6 Å². The van der Waals surface area contributed by atoms with Crippen LogP contribution in [0.3, 0.4) is 0 Å². The average molecular weight is 329 g/mol. The Hall–Kier alpha value is -2.48. The van der Waals surface area contributed by atoms with E-state index < -0.39 is 4.92 Å². The molecule has 1 saturated heterocycles. The lowest BCUT2D eigenvalue weighted by Gasteiger charge is -2.24. The van der Waals surface area contributed by atoms with E-state index in [1.165, 1.54) is 6.33 Å². The number of hydrogen-bond donors (Lipinski definition) is 0. The summed E-state index contributed by atoms with van der Waals surface area (Å²) in [6, 6.07) is 8.11. The van der Waals surface area contributed by atoms with Crippen LogP contribution in [0, 0.1) is 10.1 Å². The summed E-state index contributed by atoms with van der Waals surface area (Å²) >= 11 is 1.66. The molecule has 8 heteroatoms. The second-order valence-electron chi connectivity index (χ2n) is 5.63. The molecule has 1 aliphatic rings. The standard InChI is InChI=1S/C15H15N5O2S/c1-18-9-16-13(20(21)22)15(18)19-8-4-6-11(19)14-17-10-5-2-3-7-12(10)23-14/h2-3,5,7,9,11H,4,6,8H2,1H3. The van der Waals surface area contributed by atoms with Crippen molar-refractivity contribution in [1.82, 2.24) is 14.5 Å². The van der Waals surface area contributed by atoms with E-state index in [9.17, 15) is 10.1 Å². The van der Waals surface area contributed by atoms with Crippen molar-refractivity contribution in [1.29, 1.82) is 0 Å². The molecule has 23 heavy (non-hydrogen) atoms. The molecule has 7 nitrogen and oxygen atoms in total. The Bertz CT molecular complexity index is 854. The monoisotopic (exact) mass is 329 g/mol. The van der Waals surface area contributed by atoms with Gasteiger partial charge in [0.2, 0.25) is 12.1 Å². The Labute approximate surface area is 136 Å². The van der Waals surface area contributed by atoms with Gasteiger partial charge in [0.15, 0.2) is 0 Å². The molecule has 3 aromatic rings. The molecule has 1 atom stereocenters. The maximum atomic E-state index is 11.3. The molecule has 0 aliphatic carbocycles. The summed E-state index contributed by atoms with van der Waals surface area (Å²) in [6.07, 6.45) is 3.44. The molecule has 1 fully saturated rings. The van der Waals surface area contributed by atoms with Crippen molar-refractivity contribution in [3.05, 3.63) is 45.7 Å². The Morgan fingerprint density at radius 1 is 1.39 bits per heavy atom. The third-order valence-electron chi connectivity index (χ3n) is 4.18. The fourth-order valence-corrected chi connectivity index (χ4v) is 4.30. The van der Waals surface area contributed by atoms with Crippen LogP contribution in [0.25, 0.3) is 10.2 Å². The number of benzene rings is 1. The highest BCUT2D eigenvalue weighted by atomic mass is 32.1. The van der Waals surface area contributed by atoms with Crippen LogP contribution in [0.5, 0.6) is 0 Å². The molecule has 0 saturated carbocycles. The first kappa shape index (κ1) is 14.1. The van der Waals surface area contributed by atoms with Crippen LogP contribution in [0.1, 0.15) is 23.9 Å². The van der Waals surface area contributed by atoms with Gasteiger partial charge in [0.25, 0.3) is 0 Å². The first-order valence-corrected chi connectivity index (χ1v) is 8.24. The molecule has 0 bridgehead atoms. The van der Waals surface area contributed by atoms with Gasteiger partial charge in [-0.15, -0.1) is 11.3 Å². The van der Waals surface area contributed by atoms with Crippen LogP contribution in [-0.4, -0.2) is 26.0 Å². The summed E-state index contributed by atoms with van der Waals surface area (Å²) in [5, 5.41) is 12.3. The van der Waals surface area contributed by atoms with Gasteiger partial charge < -0.3 is 15.0 Å². The zero-order valence-electron chi connectivity index (χ0n) is 12.5. The molecular formula is C15H15N5O2S. The highest BCUT2D eigenvalue weighted by Crippen LogP contribution is 2.41. The van der Waals surface area contributed by atoms with Gasteiger partial charge >= 0.3 is 5.82 Å². The highest BCUT2D eigenvalue weighted by Gasteiger charge is 2.35. The minimum absolute atomic E-state index is 0.0708. The van der Waals surface area contributed by atoms with Crippen LogP contribution in [-0.2, 0) is 7.05 Å². The lowest BCUT2D eigenvalue weighted by atomic mass is 10.2. The van der Waals surface area contributed by atoms with Crippen molar-refractivity contribution >= 4 is 33.2 Å². The fourth-order valence-electron chi connectivity index (χ4n) is 3.18. The maximum Gasteiger partial charge on any atom is 0.406 e. The molecule has 1 unspecified atom stereocenters. The summed E-state index contributed by atoms with van der Waals surface area (Å²) in [4.78, 5) is 21.6. The molecule has 1 aromatic carbocycles. The van der Waals surface area contributed by atoms with Crippen LogP contribution >= 0.6 is 11.3 Å². The third kappa shape index (κ3) is 2.26. The summed E-state index contributed by atoms with van der Waals surface area (Å²) in [5.41, 5.74) is 0.985. The van der Waals surface area contributed by atoms with Crippen molar-refractivity contribution < 1.29 is 4.92 Å². The first-order chi connectivity index (χ1) is 11.1.